The zero-order valence-electron chi connectivity index (χ0n) is 56.3. The zero-order valence-corrected chi connectivity index (χ0v) is 71.3. The van der Waals surface area contributed by atoms with E-state index in [4.69, 9.17) is 57.4 Å². The molecule has 85 heavy (non-hydrogen) atoms. The van der Waals surface area contributed by atoms with Gasteiger partial charge in [-0.1, -0.05) is 25.7 Å². The largest absolute Gasteiger partial charge is 0.598 e. The van der Waals surface area contributed by atoms with Crippen molar-refractivity contribution in [1.29, 1.82) is 0 Å². The Morgan fingerprint density at radius 3 is 0.329 bits per heavy atom. The molecule has 0 aliphatic rings. The Kier molecular flexibility index (Phi) is 144. The third-order valence-electron chi connectivity index (χ3n) is 13.7. The van der Waals surface area contributed by atoms with Crippen molar-refractivity contribution in [3.05, 3.63) is 0 Å². The molecule has 0 rings (SSSR count). The molecule has 0 unspecified atom stereocenters. The average Bonchev–Trinajstić information content (AvgIpc) is 3.44. The minimum atomic E-state index is -3.37. The summed E-state index contributed by atoms with van der Waals surface area (Å²) >= 11 is 0.294. The Hall–Kier alpha value is 3.27. The van der Waals surface area contributed by atoms with Crippen LogP contribution in [0.4, 0.5) is 0 Å². The van der Waals surface area contributed by atoms with E-state index in [1.54, 1.807) is 86.9 Å². The fraction of sp³-hybridized carbons (Fsp3) is 1.00. The molecule has 0 amide bonds. The van der Waals surface area contributed by atoms with E-state index in [-0.39, 0.29) is 92.0 Å². The van der Waals surface area contributed by atoms with Crippen molar-refractivity contribution in [3.8, 4) is 0 Å². The first kappa shape index (κ1) is 107. The van der Waals surface area contributed by atoms with Gasteiger partial charge in [0.25, 0.3) is 33.0 Å². The van der Waals surface area contributed by atoms with Gasteiger partial charge in [-0.2, -0.15) is 0 Å². The van der Waals surface area contributed by atoms with E-state index in [1.165, 1.54) is 257 Å². The van der Waals surface area contributed by atoms with Gasteiger partial charge in [0, 0.05) is 0 Å². The molecule has 0 heterocycles. The third kappa shape index (κ3) is 181. The summed E-state index contributed by atoms with van der Waals surface area (Å²) in [6.07, 6.45) is 71.3. The van der Waals surface area contributed by atoms with Gasteiger partial charge < -0.3 is 39.1 Å². The molecule has 0 bridgehead atoms. The molecule has 0 radical (unpaired) electrons. The summed E-state index contributed by atoms with van der Waals surface area (Å²) in [4.78, 5) is 67.9. The third-order valence-corrected chi connectivity index (χ3v) is 29.8. The van der Waals surface area contributed by atoms with Gasteiger partial charge in [0.1, 0.15) is 0 Å². The Balaban J connectivity index is -0.000000118. The van der Waals surface area contributed by atoms with Crippen LogP contribution in [0.1, 0.15) is 371 Å². The molecule has 0 atom stereocenters. The maximum Gasteiger partial charge on any atom is 0.276 e. The van der Waals surface area contributed by atoms with E-state index in [0.29, 0.717) is 0 Å². The predicted octanol–water partition coefficient (Wildman–Crippen LogP) is 19.1. The summed E-state index contributed by atoms with van der Waals surface area (Å²) < 4.78 is 47.2. The maximum absolute atomic E-state index is 8.48. The topological polar surface area (TPSA) is 253 Å². The second-order valence-electron chi connectivity index (χ2n) is 22.0. The van der Waals surface area contributed by atoms with Crippen LogP contribution < -0.4 is 39.1 Å². The monoisotopic (exact) mass is 1720 g/mol. The summed E-state index contributed by atoms with van der Waals surface area (Å²) in [5, 5.41) is 0. The molecular formula is C65H140O12P4Sn4+4. The Labute approximate surface area is 575 Å². The summed E-state index contributed by atoms with van der Waals surface area (Å²) in [7, 11) is -13.5. The molecule has 0 aliphatic heterocycles. The summed E-state index contributed by atoms with van der Waals surface area (Å²) in [6.45, 7) is 18.4. The van der Waals surface area contributed by atoms with Crippen molar-refractivity contribution < 1.29 is 57.4 Å². The smallest absolute Gasteiger partial charge is 0.276 e. The first-order valence-corrected chi connectivity index (χ1v) is 55.2. The van der Waals surface area contributed by atoms with Crippen molar-refractivity contribution in [2.75, 3.05) is 0 Å². The number of unbranched alkanes of at least 4 members (excludes halogenated alkanes) is 40. The summed E-state index contributed by atoms with van der Waals surface area (Å²) in [6, 6.07) is 0. The van der Waals surface area contributed by atoms with E-state index >= 15 is 0 Å². The molecule has 12 nitrogen and oxygen atoms in total. The van der Waals surface area contributed by atoms with E-state index in [0.717, 1.165) is 0 Å². The van der Waals surface area contributed by atoms with Gasteiger partial charge in [0.15, 0.2) is 0 Å². The van der Waals surface area contributed by atoms with Gasteiger partial charge in [-0.15, -0.1) is 0 Å². The quantitative estimate of drug-likeness (QED) is 0.0313. The standard InChI is InChI=1S/8C8H17.CH4.4HO3P.4Sn/c8*1-3-5-7-8-6-4-2;;4*1-4(2)3;;;;/h8*1,3-8H2,2H3;1H4;4*(H,1,2,3);;;;/q;;;;;;;;;;;;;4*+2/p-4. The average molecular weight is 1710 g/mol. The Morgan fingerprint density at radius 2 is 0.247 bits per heavy atom. The molecule has 0 N–H and O–H groups in total. The summed E-state index contributed by atoms with van der Waals surface area (Å²) in [5.74, 6) is 0. The fourth-order valence-electron chi connectivity index (χ4n) is 8.74. The molecule has 0 aliphatic carbocycles. The van der Waals surface area contributed by atoms with Crippen LogP contribution in [-0.4, -0.2) is 84.6 Å². The van der Waals surface area contributed by atoms with Gasteiger partial charge in [0.05, 0.1) is 0 Å². The molecule has 0 spiro atoms. The van der Waals surface area contributed by atoms with Gasteiger partial charge in [0.2, 0.25) is 0 Å². The Bertz CT molecular complexity index is 912. The summed E-state index contributed by atoms with van der Waals surface area (Å²) in [5.41, 5.74) is 0. The predicted molar refractivity (Wildman–Crippen MR) is 366 cm³/mol. The zero-order chi connectivity index (χ0) is 64.7. The van der Waals surface area contributed by atoms with Crippen molar-refractivity contribution in [2.45, 2.75) is 407 Å². The SMILES string of the molecule is C.CCCCCCC[CH2][Sn+2][CH2]CCCCCCC.CCCCCCC[CH2][Sn+2][CH2]CCCCCCC.CCCCCCC[CH2][Sn+2][CH2]CCCCCCC.CCCCCCC[CH2][Sn+2][CH2]CCCCCCC.O=[P+]([O-])[O-].O=[P+]([O-])[O-].O=[P+]([O-])[O-].O=[P+]([O-])[O-]. The van der Waals surface area contributed by atoms with Crippen molar-refractivity contribution in [2.24, 2.45) is 0 Å². The van der Waals surface area contributed by atoms with Crippen LogP contribution in [0.5, 0.6) is 0 Å². The molecule has 0 fully saturated rings. The first-order valence-electron chi connectivity index (χ1n) is 34.7. The molecule has 0 aromatic rings. The van der Waals surface area contributed by atoms with Crippen molar-refractivity contribution in [3.63, 3.8) is 0 Å². The molecule has 20 heteroatoms. The van der Waals surface area contributed by atoms with Crippen LogP contribution in [0.25, 0.3) is 0 Å². The van der Waals surface area contributed by atoms with Crippen molar-refractivity contribution in [1.82, 2.24) is 0 Å². The number of hydrogen-bond donors (Lipinski definition) is 0. The van der Waals surface area contributed by atoms with Gasteiger partial charge in [-0.25, -0.2) is 0 Å². The first-order chi connectivity index (χ1) is 40.6. The number of rotatable bonds is 56. The fourth-order valence-corrected chi connectivity index (χ4v) is 23.0. The van der Waals surface area contributed by atoms with Gasteiger partial charge >= 0.3 is 484 Å². The van der Waals surface area contributed by atoms with Crippen molar-refractivity contribution >= 4 is 118 Å². The van der Waals surface area contributed by atoms with Crippen LogP contribution in [0.15, 0.2) is 0 Å². The minimum Gasteiger partial charge on any atom is -0.598 e. The molecule has 0 saturated carbocycles. The maximum atomic E-state index is 8.48. The van der Waals surface area contributed by atoms with Crippen LogP contribution in [0, 0.1) is 0 Å². The van der Waals surface area contributed by atoms with Crippen LogP contribution >= 0.6 is 33.0 Å². The Morgan fingerprint density at radius 1 is 0.176 bits per heavy atom. The normalized spacial score (nSPS) is 9.60. The second-order valence-corrected chi connectivity index (χ2v) is 41.0. The van der Waals surface area contributed by atoms with E-state index in [9.17, 15) is 0 Å². The van der Waals surface area contributed by atoms with Crippen LogP contribution in [0.3, 0.4) is 0 Å². The van der Waals surface area contributed by atoms with Crippen LogP contribution in [0.2, 0.25) is 35.5 Å². The molecular weight excluding hydrogens is 1570 g/mol. The van der Waals surface area contributed by atoms with Gasteiger partial charge in [-0.05, 0) is 0 Å². The molecule has 0 saturated heterocycles. The molecule has 0 aromatic heterocycles. The van der Waals surface area contributed by atoms with Gasteiger partial charge in [-0.3, -0.25) is 0 Å². The van der Waals surface area contributed by atoms with Crippen LogP contribution in [-0.2, 0) is 18.3 Å². The van der Waals surface area contributed by atoms with E-state index in [2.05, 4.69) is 55.4 Å². The van der Waals surface area contributed by atoms with E-state index < -0.39 is 33.0 Å². The second kappa shape index (κ2) is 115. The van der Waals surface area contributed by atoms with E-state index in [1.807, 2.05) is 0 Å². The molecule has 504 valence electrons. The minimum absolute atomic E-state index is 0. The molecule has 0 aromatic carbocycles. The number of hydrogen-bond acceptors (Lipinski definition) is 12.